The van der Waals surface area contributed by atoms with E-state index in [4.69, 9.17) is 11.6 Å². The van der Waals surface area contributed by atoms with Crippen LogP contribution in [0, 0.1) is 27.7 Å². The van der Waals surface area contributed by atoms with Crippen LogP contribution in [0.2, 0.25) is 0 Å². The first kappa shape index (κ1) is 16.5. The molecule has 108 valence electrons. The normalized spacial score (nSPS) is 14.5. The van der Waals surface area contributed by atoms with Crippen molar-refractivity contribution in [3.63, 3.8) is 0 Å². The van der Waals surface area contributed by atoms with Gasteiger partial charge in [-0.1, -0.05) is 6.07 Å². The van der Waals surface area contributed by atoms with E-state index in [0.717, 1.165) is 27.8 Å². The van der Waals surface area contributed by atoms with Crippen molar-refractivity contribution in [2.75, 3.05) is 6.26 Å². The van der Waals surface area contributed by atoms with E-state index in [-0.39, 0.29) is 0 Å². The third-order valence-corrected chi connectivity index (χ3v) is 7.28. The number of halogens is 1. The van der Waals surface area contributed by atoms with E-state index in [2.05, 4.69) is 6.07 Å². The van der Waals surface area contributed by atoms with E-state index < -0.39 is 20.0 Å². The van der Waals surface area contributed by atoms with Crippen molar-refractivity contribution in [1.82, 2.24) is 0 Å². The van der Waals surface area contributed by atoms with Crippen LogP contribution in [0.15, 0.2) is 6.07 Å². The molecular weight excluding hydrogens is 280 g/mol. The second-order valence-corrected chi connectivity index (χ2v) is 8.95. The average molecular weight is 303 g/mol. The van der Waals surface area contributed by atoms with Gasteiger partial charge in [0.15, 0.2) is 9.84 Å². The molecule has 0 N–H and O–H groups in total. The summed E-state index contributed by atoms with van der Waals surface area (Å²) in [5, 5.41) is -0.555. The topological polar surface area (TPSA) is 34.1 Å². The highest BCUT2D eigenvalue weighted by Gasteiger charge is 2.40. The Morgan fingerprint density at radius 1 is 1.05 bits per heavy atom. The molecule has 0 amide bonds. The van der Waals surface area contributed by atoms with Gasteiger partial charge in [0.05, 0.1) is 10.1 Å². The van der Waals surface area contributed by atoms with Gasteiger partial charge in [0.2, 0.25) is 0 Å². The zero-order valence-corrected chi connectivity index (χ0v) is 14.3. The highest BCUT2D eigenvalue weighted by atomic mass is 35.5. The number of rotatable bonds is 3. The predicted octanol–water partition coefficient (Wildman–Crippen LogP) is 4.02. The van der Waals surface area contributed by atoms with Crippen molar-refractivity contribution in [3.8, 4) is 0 Å². The quantitative estimate of drug-likeness (QED) is 0.790. The summed E-state index contributed by atoms with van der Waals surface area (Å²) in [5.74, 6) is 0. The maximum atomic E-state index is 12.0. The van der Waals surface area contributed by atoms with Gasteiger partial charge in [0.25, 0.3) is 0 Å². The second-order valence-electron chi connectivity index (χ2n) is 5.91. The zero-order chi connectivity index (χ0) is 15.2. The lowest BCUT2D eigenvalue weighted by Gasteiger charge is -2.31. The summed E-state index contributed by atoms with van der Waals surface area (Å²) in [6.45, 7) is 11.5. The first-order chi connectivity index (χ1) is 8.41. The lowest BCUT2D eigenvalue weighted by Crippen LogP contribution is -2.36. The Morgan fingerprint density at radius 2 is 1.42 bits per heavy atom. The van der Waals surface area contributed by atoms with Crippen LogP contribution >= 0.6 is 11.6 Å². The second kappa shape index (κ2) is 5.10. The van der Waals surface area contributed by atoms with E-state index >= 15 is 0 Å². The van der Waals surface area contributed by atoms with Crippen molar-refractivity contribution >= 4 is 21.4 Å². The first-order valence-electron chi connectivity index (χ1n) is 6.32. The van der Waals surface area contributed by atoms with Crippen LogP contribution in [0.3, 0.4) is 0 Å². The number of sulfone groups is 1. The summed E-state index contributed by atoms with van der Waals surface area (Å²) >= 11 is 6.56. The Hall–Kier alpha value is -0.540. The Morgan fingerprint density at radius 3 is 1.74 bits per heavy atom. The fourth-order valence-electron chi connectivity index (χ4n) is 2.16. The maximum absolute atomic E-state index is 12.0. The highest BCUT2D eigenvalue weighted by molar-refractivity contribution is 7.92. The van der Waals surface area contributed by atoms with Gasteiger partial charge in [-0.3, -0.25) is 0 Å². The summed E-state index contributed by atoms with van der Waals surface area (Å²) in [4.78, 5) is 0. The van der Waals surface area contributed by atoms with Gasteiger partial charge in [-0.2, -0.15) is 0 Å². The van der Waals surface area contributed by atoms with Crippen LogP contribution < -0.4 is 0 Å². The molecule has 1 aromatic rings. The number of aryl methyl sites for hydroxylation is 2. The molecule has 2 nitrogen and oxygen atoms in total. The molecule has 1 unspecified atom stereocenters. The zero-order valence-electron chi connectivity index (χ0n) is 12.8. The molecule has 0 heterocycles. The van der Waals surface area contributed by atoms with Gasteiger partial charge in [-0.25, -0.2) is 8.42 Å². The van der Waals surface area contributed by atoms with Crippen molar-refractivity contribution in [2.45, 2.75) is 51.7 Å². The molecule has 0 aliphatic carbocycles. The minimum Gasteiger partial charge on any atom is -0.229 e. The monoisotopic (exact) mass is 302 g/mol. The molecule has 0 saturated heterocycles. The van der Waals surface area contributed by atoms with Crippen LogP contribution in [-0.4, -0.2) is 19.4 Å². The van der Waals surface area contributed by atoms with Gasteiger partial charge in [-0.05, 0) is 69.4 Å². The van der Waals surface area contributed by atoms with Crippen LogP contribution in [-0.2, 0) is 9.84 Å². The van der Waals surface area contributed by atoms with E-state index in [1.165, 1.54) is 6.26 Å². The summed E-state index contributed by atoms with van der Waals surface area (Å²) in [6, 6.07) is 2.12. The molecule has 0 spiro atoms. The van der Waals surface area contributed by atoms with E-state index in [1.54, 1.807) is 13.8 Å². The van der Waals surface area contributed by atoms with Crippen LogP contribution in [0.5, 0.6) is 0 Å². The standard InChI is InChI=1S/C15H23ClO2S/c1-9-8-10(2)12(4)13(11(9)3)14(16)15(5,6)19(7,17)18/h8,14H,1-7H3. The van der Waals surface area contributed by atoms with Crippen LogP contribution in [0.4, 0.5) is 0 Å². The fourth-order valence-corrected chi connectivity index (χ4v) is 3.47. The third kappa shape index (κ3) is 2.82. The molecule has 0 aliphatic heterocycles. The Balaban J connectivity index is 3.56. The molecule has 1 atom stereocenters. The van der Waals surface area contributed by atoms with Gasteiger partial charge in [0, 0.05) is 6.26 Å². The van der Waals surface area contributed by atoms with Crippen LogP contribution in [0.25, 0.3) is 0 Å². The molecule has 0 fully saturated rings. The van der Waals surface area contributed by atoms with Crippen molar-refractivity contribution < 1.29 is 8.42 Å². The van der Waals surface area contributed by atoms with E-state index in [0.29, 0.717) is 0 Å². The van der Waals surface area contributed by atoms with Gasteiger partial charge in [-0.15, -0.1) is 11.6 Å². The Bertz CT molecular complexity index is 575. The summed E-state index contributed by atoms with van der Waals surface area (Å²) < 4.78 is 23.0. The largest absolute Gasteiger partial charge is 0.229 e. The molecular formula is C15H23ClO2S. The molecule has 1 rings (SSSR count). The Kier molecular flexibility index (Phi) is 4.43. The van der Waals surface area contributed by atoms with Crippen molar-refractivity contribution in [3.05, 3.63) is 33.9 Å². The number of alkyl halides is 1. The minimum absolute atomic E-state index is 0.555. The number of benzene rings is 1. The highest BCUT2D eigenvalue weighted by Crippen LogP contribution is 2.41. The van der Waals surface area contributed by atoms with Gasteiger partial charge < -0.3 is 0 Å². The molecule has 0 saturated carbocycles. The summed E-state index contributed by atoms with van der Waals surface area (Å²) in [5.41, 5.74) is 5.41. The van der Waals surface area contributed by atoms with E-state index in [1.807, 2.05) is 27.7 Å². The van der Waals surface area contributed by atoms with Gasteiger partial charge >= 0.3 is 0 Å². The minimum atomic E-state index is -3.24. The number of hydrogen-bond acceptors (Lipinski definition) is 2. The fraction of sp³-hybridized carbons (Fsp3) is 0.600. The predicted molar refractivity (Wildman–Crippen MR) is 82.9 cm³/mol. The SMILES string of the molecule is Cc1cc(C)c(C)c(C(Cl)C(C)(C)S(C)(=O)=O)c1C. The summed E-state index contributed by atoms with van der Waals surface area (Å²) in [6.07, 6.45) is 1.25. The average Bonchev–Trinajstić information content (AvgIpc) is 2.25. The maximum Gasteiger partial charge on any atom is 0.154 e. The summed E-state index contributed by atoms with van der Waals surface area (Å²) in [7, 11) is -3.24. The molecule has 19 heavy (non-hydrogen) atoms. The molecule has 0 radical (unpaired) electrons. The van der Waals surface area contributed by atoms with Crippen molar-refractivity contribution in [1.29, 1.82) is 0 Å². The van der Waals surface area contributed by atoms with Gasteiger partial charge in [0.1, 0.15) is 0 Å². The molecule has 0 bridgehead atoms. The lowest BCUT2D eigenvalue weighted by atomic mass is 9.88. The first-order valence-corrected chi connectivity index (χ1v) is 8.65. The molecule has 0 aliphatic rings. The Labute approximate surface area is 122 Å². The van der Waals surface area contributed by atoms with Crippen molar-refractivity contribution in [2.24, 2.45) is 0 Å². The molecule has 4 heteroatoms. The molecule has 0 aromatic heterocycles. The lowest BCUT2D eigenvalue weighted by molar-refractivity contribution is 0.542. The molecule has 1 aromatic carbocycles. The number of hydrogen-bond donors (Lipinski definition) is 0. The van der Waals surface area contributed by atoms with Crippen LogP contribution in [0.1, 0.15) is 47.0 Å². The van der Waals surface area contributed by atoms with E-state index in [9.17, 15) is 8.42 Å². The third-order valence-electron chi connectivity index (χ3n) is 4.24. The smallest absolute Gasteiger partial charge is 0.154 e.